The number of halogens is 1. The molecule has 0 atom stereocenters. The molecular weight excluding hydrogens is 333 g/mol. The summed E-state index contributed by atoms with van der Waals surface area (Å²) < 4.78 is 18.3. The zero-order valence-corrected chi connectivity index (χ0v) is 14.4. The minimum Gasteiger partial charge on any atom is -0.495 e. The van der Waals surface area contributed by atoms with E-state index in [1.54, 1.807) is 37.4 Å². The number of carbonyl (C=O) groups excluding carboxylic acids is 1. The SMILES string of the molecule is COc1ccc(C)cc1NC(=O)c1cc(Nc2ccc(F)cc2)ccn1. The van der Waals surface area contributed by atoms with Crippen molar-refractivity contribution in [2.45, 2.75) is 6.92 Å². The third-order valence-corrected chi connectivity index (χ3v) is 3.73. The van der Waals surface area contributed by atoms with Gasteiger partial charge in [0, 0.05) is 17.6 Å². The fourth-order valence-electron chi connectivity index (χ4n) is 2.44. The number of amides is 1. The molecule has 0 saturated heterocycles. The molecule has 1 heterocycles. The molecule has 1 amide bonds. The third kappa shape index (κ3) is 4.16. The lowest BCUT2D eigenvalue weighted by molar-refractivity contribution is 0.102. The van der Waals surface area contributed by atoms with E-state index in [0.717, 1.165) is 5.56 Å². The monoisotopic (exact) mass is 351 g/mol. The summed E-state index contributed by atoms with van der Waals surface area (Å²) in [4.78, 5) is 16.7. The van der Waals surface area contributed by atoms with Gasteiger partial charge < -0.3 is 15.4 Å². The molecule has 6 heteroatoms. The number of aryl methyl sites for hydroxylation is 1. The van der Waals surface area contributed by atoms with Gasteiger partial charge in [-0.05, 0) is 61.0 Å². The van der Waals surface area contributed by atoms with Gasteiger partial charge in [-0.25, -0.2) is 4.39 Å². The van der Waals surface area contributed by atoms with Crippen molar-refractivity contribution in [1.29, 1.82) is 0 Å². The highest BCUT2D eigenvalue weighted by atomic mass is 19.1. The van der Waals surface area contributed by atoms with Crippen LogP contribution < -0.4 is 15.4 Å². The van der Waals surface area contributed by atoms with Crippen molar-refractivity contribution in [2.75, 3.05) is 17.7 Å². The Bertz CT molecular complexity index is 927. The molecule has 0 unspecified atom stereocenters. The summed E-state index contributed by atoms with van der Waals surface area (Å²) in [6.07, 6.45) is 1.54. The fraction of sp³-hybridized carbons (Fsp3) is 0.100. The van der Waals surface area contributed by atoms with E-state index in [1.165, 1.54) is 18.3 Å². The zero-order chi connectivity index (χ0) is 18.5. The number of ether oxygens (including phenoxy) is 1. The molecule has 3 rings (SSSR count). The number of aromatic nitrogens is 1. The number of anilines is 3. The fourth-order valence-corrected chi connectivity index (χ4v) is 2.44. The van der Waals surface area contributed by atoms with Crippen LogP contribution in [0.15, 0.2) is 60.8 Å². The largest absolute Gasteiger partial charge is 0.495 e. The average Bonchev–Trinajstić information content (AvgIpc) is 2.64. The second-order valence-corrected chi connectivity index (χ2v) is 5.72. The van der Waals surface area contributed by atoms with Crippen LogP contribution in [0.1, 0.15) is 16.1 Å². The maximum Gasteiger partial charge on any atom is 0.274 e. The quantitative estimate of drug-likeness (QED) is 0.709. The number of hydrogen-bond acceptors (Lipinski definition) is 4. The van der Waals surface area contributed by atoms with Crippen molar-refractivity contribution in [3.05, 3.63) is 77.9 Å². The smallest absolute Gasteiger partial charge is 0.274 e. The molecule has 0 bridgehead atoms. The Hall–Kier alpha value is -3.41. The molecular formula is C20H18FN3O2. The van der Waals surface area contributed by atoms with Gasteiger partial charge in [0.15, 0.2) is 0 Å². The number of nitrogens with zero attached hydrogens (tertiary/aromatic N) is 1. The van der Waals surface area contributed by atoms with Gasteiger partial charge in [0.25, 0.3) is 5.91 Å². The van der Waals surface area contributed by atoms with E-state index in [4.69, 9.17) is 4.74 Å². The van der Waals surface area contributed by atoms with Gasteiger partial charge >= 0.3 is 0 Å². The maximum absolute atomic E-state index is 13.0. The van der Waals surface area contributed by atoms with Gasteiger partial charge in [0.1, 0.15) is 17.3 Å². The third-order valence-electron chi connectivity index (χ3n) is 3.73. The van der Waals surface area contributed by atoms with E-state index in [0.29, 0.717) is 22.8 Å². The van der Waals surface area contributed by atoms with Crippen LogP contribution in [0.2, 0.25) is 0 Å². The van der Waals surface area contributed by atoms with E-state index in [1.807, 2.05) is 19.1 Å². The second-order valence-electron chi connectivity index (χ2n) is 5.72. The Kier molecular flexibility index (Phi) is 5.12. The number of rotatable bonds is 5. The molecule has 0 aliphatic carbocycles. The standard InChI is InChI=1S/C20H18FN3O2/c1-13-3-8-19(26-2)17(11-13)24-20(25)18-12-16(9-10-22-18)23-15-6-4-14(21)5-7-15/h3-12H,1-2H3,(H,22,23)(H,24,25). The number of hydrogen-bond donors (Lipinski definition) is 2. The summed E-state index contributed by atoms with van der Waals surface area (Å²) >= 11 is 0. The first-order valence-electron chi connectivity index (χ1n) is 8.00. The van der Waals surface area contributed by atoms with E-state index < -0.39 is 0 Å². The summed E-state index contributed by atoms with van der Waals surface area (Å²) in [7, 11) is 1.55. The second kappa shape index (κ2) is 7.65. The van der Waals surface area contributed by atoms with Crippen molar-refractivity contribution in [1.82, 2.24) is 4.98 Å². The summed E-state index contributed by atoms with van der Waals surface area (Å²) in [5.41, 5.74) is 3.22. The van der Waals surface area contributed by atoms with E-state index in [9.17, 15) is 9.18 Å². The minimum atomic E-state index is -0.350. The molecule has 26 heavy (non-hydrogen) atoms. The normalized spacial score (nSPS) is 10.3. The van der Waals surface area contributed by atoms with Crippen molar-refractivity contribution in [3.8, 4) is 5.75 Å². The molecule has 0 saturated carbocycles. The molecule has 1 aromatic heterocycles. The lowest BCUT2D eigenvalue weighted by atomic mass is 10.2. The zero-order valence-electron chi connectivity index (χ0n) is 14.4. The highest BCUT2D eigenvalue weighted by Gasteiger charge is 2.12. The molecule has 0 spiro atoms. The Morgan fingerprint density at radius 1 is 1.04 bits per heavy atom. The Balaban J connectivity index is 1.78. The van der Waals surface area contributed by atoms with Crippen LogP contribution in [0.25, 0.3) is 0 Å². The Morgan fingerprint density at radius 3 is 2.54 bits per heavy atom. The summed E-state index contributed by atoms with van der Waals surface area (Å²) in [6, 6.07) is 14.8. The van der Waals surface area contributed by atoms with Crippen LogP contribution in [0.4, 0.5) is 21.5 Å². The van der Waals surface area contributed by atoms with Crippen molar-refractivity contribution in [2.24, 2.45) is 0 Å². The van der Waals surface area contributed by atoms with Crippen LogP contribution in [0.5, 0.6) is 5.75 Å². The molecule has 2 aromatic carbocycles. The topological polar surface area (TPSA) is 63.2 Å². The van der Waals surface area contributed by atoms with Crippen molar-refractivity contribution < 1.29 is 13.9 Å². The van der Waals surface area contributed by atoms with Crippen LogP contribution in [-0.4, -0.2) is 18.0 Å². The number of nitrogens with one attached hydrogen (secondary N) is 2. The first-order chi connectivity index (χ1) is 12.5. The lowest BCUT2D eigenvalue weighted by Gasteiger charge is -2.11. The molecule has 0 radical (unpaired) electrons. The molecule has 132 valence electrons. The minimum absolute atomic E-state index is 0.251. The van der Waals surface area contributed by atoms with Gasteiger partial charge in [0.05, 0.1) is 12.8 Å². The molecule has 0 aliphatic rings. The van der Waals surface area contributed by atoms with Gasteiger partial charge in [0.2, 0.25) is 0 Å². The molecule has 5 nitrogen and oxygen atoms in total. The average molecular weight is 351 g/mol. The van der Waals surface area contributed by atoms with E-state index in [2.05, 4.69) is 15.6 Å². The first kappa shape index (κ1) is 17.4. The van der Waals surface area contributed by atoms with Gasteiger partial charge in [-0.15, -0.1) is 0 Å². The Labute approximate surface area is 150 Å². The van der Waals surface area contributed by atoms with Crippen LogP contribution in [0.3, 0.4) is 0 Å². The van der Waals surface area contributed by atoms with Crippen LogP contribution in [-0.2, 0) is 0 Å². The summed E-state index contributed by atoms with van der Waals surface area (Å²) in [6.45, 7) is 1.93. The van der Waals surface area contributed by atoms with Gasteiger partial charge in [-0.1, -0.05) is 6.07 Å². The first-order valence-corrected chi connectivity index (χ1v) is 8.00. The predicted molar refractivity (Wildman–Crippen MR) is 99.6 cm³/mol. The van der Waals surface area contributed by atoms with Crippen LogP contribution >= 0.6 is 0 Å². The number of methoxy groups -OCH3 is 1. The van der Waals surface area contributed by atoms with Crippen LogP contribution in [0, 0.1) is 12.7 Å². The van der Waals surface area contributed by atoms with E-state index >= 15 is 0 Å². The van der Waals surface area contributed by atoms with Gasteiger partial charge in [-0.2, -0.15) is 0 Å². The molecule has 0 fully saturated rings. The number of carbonyl (C=O) groups is 1. The molecule has 3 aromatic rings. The lowest BCUT2D eigenvalue weighted by Crippen LogP contribution is -2.14. The predicted octanol–water partition coefficient (Wildman–Crippen LogP) is 4.53. The van der Waals surface area contributed by atoms with Crippen molar-refractivity contribution in [3.63, 3.8) is 0 Å². The van der Waals surface area contributed by atoms with E-state index in [-0.39, 0.29) is 17.4 Å². The van der Waals surface area contributed by atoms with Crippen molar-refractivity contribution >= 4 is 23.0 Å². The summed E-state index contributed by atoms with van der Waals surface area (Å²) in [5.74, 6) is -0.0846. The summed E-state index contributed by atoms with van der Waals surface area (Å²) in [5, 5.41) is 5.92. The number of pyridine rings is 1. The Morgan fingerprint density at radius 2 is 1.81 bits per heavy atom. The molecule has 0 aliphatic heterocycles. The highest BCUT2D eigenvalue weighted by Crippen LogP contribution is 2.26. The highest BCUT2D eigenvalue weighted by molar-refractivity contribution is 6.04. The maximum atomic E-state index is 13.0. The molecule has 2 N–H and O–H groups in total. The van der Waals surface area contributed by atoms with Gasteiger partial charge in [-0.3, -0.25) is 9.78 Å². The number of benzene rings is 2.